The van der Waals surface area contributed by atoms with Crippen molar-refractivity contribution in [2.24, 2.45) is 0 Å². The van der Waals surface area contributed by atoms with E-state index in [-0.39, 0.29) is 22.8 Å². The third-order valence-corrected chi connectivity index (χ3v) is 5.85. The second-order valence-corrected chi connectivity index (χ2v) is 7.92. The lowest BCUT2D eigenvalue weighted by molar-refractivity contribution is -0.384. The molecule has 0 saturated carbocycles. The molecule has 0 amide bonds. The highest BCUT2D eigenvalue weighted by molar-refractivity contribution is 7.89. The number of hydrogen-bond donors (Lipinski definition) is 2. The Kier molecular flexibility index (Phi) is 6.14. The number of anilines is 1. The summed E-state index contributed by atoms with van der Waals surface area (Å²) in [7, 11) is -3.74. The molecule has 0 bridgehead atoms. The summed E-state index contributed by atoms with van der Waals surface area (Å²) in [5.74, 6) is 0. The number of aliphatic hydroxyl groups excluding tert-OH is 1. The van der Waals surface area contributed by atoms with Gasteiger partial charge in [-0.1, -0.05) is 12.8 Å². The van der Waals surface area contributed by atoms with Crippen LogP contribution in [0.15, 0.2) is 23.1 Å². The van der Waals surface area contributed by atoms with Gasteiger partial charge in [-0.25, -0.2) is 8.42 Å². The Morgan fingerprint density at radius 3 is 2.46 bits per heavy atom. The van der Waals surface area contributed by atoms with Crippen LogP contribution in [0.2, 0.25) is 0 Å². The summed E-state index contributed by atoms with van der Waals surface area (Å²) in [5.41, 5.74) is -0.123. The first kappa shape index (κ1) is 18.6. The van der Waals surface area contributed by atoms with E-state index in [2.05, 4.69) is 5.32 Å². The van der Waals surface area contributed by atoms with Crippen LogP contribution in [0.4, 0.5) is 11.4 Å². The second kappa shape index (κ2) is 7.91. The number of benzene rings is 1. The van der Waals surface area contributed by atoms with Gasteiger partial charge in [0.15, 0.2) is 0 Å². The van der Waals surface area contributed by atoms with E-state index in [0.29, 0.717) is 13.1 Å². The number of sulfonamides is 1. The van der Waals surface area contributed by atoms with Crippen molar-refractivity contribution in [3.05, 3.63) is 28.3 Å². The first-order valence-corrected chi connectivity index (χ1v) is 9.47. The zero-order valence-electron chi connectivity index (χ0n) is 13.6. The van der Waals surface area contributed by atoms with E-state index in [9.17, 15) is 23.6 Å². The van der Waals surface area contributed by atoms with Crippen LogP contribution in [0.5, 0.6) is 0 Å². The summed E-state index contributed by atoms with van der Waals surface area (Å²) >= 11 is 0. The Balaban J connectivity index is 2.32. The molecule has 1 atom stereocenters. The van der Waals surface area contributed by atoms with E-state index >= 15 is 0 Å². The number of nitro groups is 1. The number of nitrogens with one attached hydrogen (secondary N) is 1. The first-order valence-electron chi connectivity index (χ1n) is 8.03. The minimum absolute atomic E-state index is 0.0707. The smallest absolute Gasteiger partial charge is 0.293 e. The van der Waals surface area contributed by atoms with Gasteiger partial charge >= 0.3 is 0 Å². The maximum absolute atomic E-state index is 12.7. The maximum Gasteiger partial charge on any atom is 0.293 e. The van der Waals surface area contributed by atoms with Crippen LogP contribution in [-0.2, 0) is 10.0 Å². The van der Waals surface area contributed by atoms with Crippen molar-refractivity contribution >= 4 is 21.4 Å². The molecule has 1 aliphatic heterocycles. The van der Waals surface area contributed by atoms with Crippen LogP contribution in [0.1, 0.15) is 32.6 Å². The van der Waals surface area contributed by atoms with E-state index in [1.54, 1.807) is 6.92 Å². The molecule has 1 aliphatic rings. The van der Waals surface area contributed by atoms with E-state index < -0.39 is 21.1 Å². The molecule has 0 aliphatic carbocycles. The summed E-state index contributed by atoms with van der Waals surface area (Å²) in [6.07, 6.45) is 2.91. The predicted molar refractivity (Wildman–Crippen MR) is 90.5 cm³/mol. The zero-order valence-corrected chi connectivity index (χ0v) is 14.5. The number of aliphatic hydroxyl groups is 1. The van der Waals surface area contributed by atoms with Gasteiger partial charge in [0, 0.05) is 25.7 Å². The largest absolute Gasteiger partial charge is 0.392 e. The normalized spacial score (nSPS) is 17.9. The molecule has 9 heteroatoms. The van der Waals surface area contributed by atoms with Gasteiger partial charge in [0.05, 0.1) is 15.9 Å². The molecule has 0 spiro atoms. The van der Waals surface area contributed by atoms with Crippen molar-refractivity contribution in [1.82, 2.24) is 4.31 Å². The van der Waals surface area contributed by atoms with Crippen molar-refractivity contribution in [3.8, 4) is 0 Å². The fourth-order valence-electron chi connectivity index (χ4n) is 2.66. The minimum Gasteiger partial charge on any atom is -0.392 e. The van der Waals surface area contributed by atoms with Gasteiger partial charge in [-0.15, -0.1) is 0 Å². The highest BCUT2D eigenvalue weighted by atomic mass is 32.2. The topological polar surface area (TPSA) is 113 Å². The predicted octanol–water partition coefficient (Wildman–Crippen LogP) is 1.95. The van der Waals surface area contributed by atoms with Crippen LogP contribution >= 0.6 is 0 Å². The Labute approximate surface area is 141 Å². The molecule has 24 heavy (non-hydrogen) atoms. The molecule has 2 rings (SSSR count). The van der Waals surface area contributed by atoms with E-state index in [0.717, 1.165) is 31.7 Å². The molecule has 1 saturated heterocycles. The third-order valence-electron chi connectivity index (χ3n) is 3.96. The SMILES string of the molecule is CC(O)CNc1ccc(S(=O)(=O)N2CCCCCC2)cc1[N+](=O)[O-]. The number of rotatable bonds is 6. The molecule has 1 aromatic rings. The van der Waals surface area contributed by atoms with Gasteiger partial charge in [0.2, 0.25) is 10.0 Å². The molecular weight excluding hydrogens is 334 g/mol. The number of hydrogen-bond acceptors (Lipinski definition) is 6. The van der Waals surface area contributed by atoms with E-state index in [1.807, 2.05) is 0 Å². The van der Waals surface area contributed by atoms with E-state index in [4.69, 9.17) is 0 Å². The van der Waals surface area contributed by atoms with Gasteiger partial charge < -0.3 is 10.4 Å². The van der Waals surface area contributed by atoms with Crippen molar-refractivity contribution in [2.45, 2.75) is 43.6 Å². The Hall–Kier alpha value is -1.71. The molecule has 0 radical (unpaired) electrons. The fourth-order valence-corrected chi connectivity index (χ4v) is 4.20. The van der Waals surface area contributed by atoms with Gasteiger partial charge in [-0.05, 0) is 31.9 Å². The molecule has 1 aromatic carbocycles. The minimum atomic E-state index is -3.74. The van der Waals surface area contributed by atoms with Crippen LogP contribution in [0.3, 0.4) is 0 Å². The van der Waals surface area contributed by atoms with E-state index in [1.165, 1.54) is 16.4 Å². The molecule has 134 valence electrons. The zero-order chi connectivity index (χ0) is 17.7. The van der Waals surface area contributed by atoms with Crippen LogP contribution in [0.25, 0.3) is 0 Å². The summed E-state index contributed by atoms with van der Waals surface area (Å²) in [5, 5.41) is 23.3. The van der Waals surface area contributed by atoms with Crippen LogP contribution < -0.4 is 5.32 Å². The average molecular weight is 357 g/mol. The van der Waals surface area contributed by atoms with Crippen molar-refractivity contribution in [1.29, 1.82) is 0 Å². The Bertz CT molecular complexity index is 682. The fraction of sp³-hybridized carbons (Fsp3) is 0.600. The molecule has 1 unspecified atom stereocenters. The van der Waals surface area contributed by atoms with Gasteiger partial charge in [0.1, 0.15) is 5.69 Å². The van der Waals surface area contributed by atoms with Crippen molar-refractivity contribution < 1.29 is 18.4 Å². The van der Waals surface area contributed by atoms with Gasteiger partial charge in [-0.3, -0.25) is 10.1 Å². The second-order valence-electron chi connectivity index (χ2n) is 5.98. The first-order chi connectivity index (χ1) is 11.3. The summed E-state index contributed by atoms with van der Waals surface area (Å²) in [4.78, 5) is 10.6. The molecular formula is C15H23N3O5S. The highest BCUT2D eigenvalue weighted by Gasteiger charge is 2.28. The standard InChI is InChI=1S/C15H23N3O5S/c1-12(19)11-16-14-7-6-13(10-15(14)18(20)21)24(22,23)17-8-4-2-3-5-9-17/h6-7,10,12,16,19H,2-5,8-9,11H2,1H3. The molecule has 0 aromatic heterocycles. The molecule has 1 heterocycles. The lowest BCUT2D eigenvalue weighted by Crippen LogP contribution is -2.32. The third kappa shape index (κ3) is 4.43. The molecule has 8 nitrogen and oxygen atoms in total. The highest BCUT2D eigenvalue weighted by Crippen LogP contribution is 2.29. The number of nitrogens with zero attached hydrogens (tertiary/aromatic N) is 2. The summed E-state index contributed by atoms with van der Waals surface area (Å²) in [6, 6.07) is 3.84. The van der Waals surface area contributed by atoms with Gasteiger partial charge in [0.25, 0.3) is 5.69 Å². The molecule has 2 N–H and O–H groups in total. The van der Waals surface area contributed by atoms with Gasteiger partial charge in [-0.2, -0.15) is 4.31 Å². The number of nitro benzene ring substituents is 1. The van der Waals surface area contributed by atoms with Crippen molar-refractivity contribution in [3.63, 3.8) is 0 Å². The Morgan fingerprint density at radius 2 is 1.92 bits per heavy atom. The monoisotopic (exact) mass is 357 g/mol. The Morgan fingerprint density at radius 1 is 1.29 bits per heavy atom. The average Bonchev–Trinajstić information content (AvgIpc) is 2.82. The lowest BCUT2D eigenvalue weighted by atomic mass is 10.2. The quantitative estimate of drug-likeness (QED) is 0.594. The summed E-state index contributed by atoms with van der Waals surface area (Å²) in [6.45, 7) is 2.58. The van der Waals surface area contributed by atoms with Crippen molar-refractivity contribution in [2.75, 3.05) is 25.0 Å². The van der Waals surface area contributed by atoms with Crippen LogP contribution in [0, 0.1) is 10.1 Å². The summed E-state index contributed by atoms with van der Waals surface area (Å²) < 4.78 is 26.9. The maximum atomic E-state index is 12.7. The lowest BCUT2D eigenvalue weighted by Gasteiger charge is -2.20. The van der Waals surface area contributed by atoms with Crippen LogP contribution in [-0.4, -0.2) is 48.5 Å². The molecule has 1 fully saturated rings.